The first kappa shape index (κ1) is 18.0. The lowest BCUT2D eigenvalue weighted by Gasteiger charge is -2.19. The van der Waals surface area contributed by atoms with Crippen LogP contribution in [0.2, 0.25) is 0 Å². The van der Waals surface area contributed by atoms with E-state index >= 15 is 0 Å². The molecular weight excluding hydrogens is 363 g/mol. The van der Waals surface area contributed by atoms with E-state index in [1.807, 2.05) is 12.3 Å². The molecule has 2 aliphatic heterocycles. The van der Waals surface area contributed by atoms with Crippen molar-refractivity contribution in [3.8, 4) is 0 Å². The highest BCUT2D eigenvalue weighted by atomic mass is 19.4. The van der Waals surface area contributed by atoms with Gasteiger partial charge in [0.1, 0.15) is 12.2 Å². The Balaban J connectivity index is 1.39. The molecule has 2 fully saturated rings. The highest BCUT2D eigenvalue weighted by molar-refractivity contribution is 5.94. The van der Waals surface area contributed by atoms with E-state index in [9.17, 15) is 18.0 Å². The zero-order valence-corrected chi connectivity index (χ0v) is 14.3. The summed E-state index contributed by atoms with van der Waals surface area (Å²) in [5.74, 6) is -0.326. The lowest BCUT2D eigenvalue weighted by atomic mass is 10.1. The van der Waals surface area contributed by atoms with E-state index in [-0.39, 0.29) is 29.7 Å². The number of carbonyl (C=O) groups excluding carboxylic acids is 1. The van der Waals surface area contributed by atoms with Gasteiger partial charge in [0.15, 0.2) is 0 Å². The zero-order valence-electron chi connectivity index (χ0n) is 14.3. The molecule has 4 rings (SSSR count). The van der Waals surface area contributed by atoms with Crippen molar-refractivity contribution in [2.45, 2.75) is 24.4 Å². The van der Waals surface area contributed by atoms with Crippen molar-refractivity contribution < 1.29 is 27.4 Å². The van der Waals surface area contributed by atoms with E-state index in [2.05, 4.69) is 5.10 Å². The molecule has 1 aromatic heterocycles. The topological polar surface area (TPSA) is 56.6 Å². The Hall–Kier alpha value is -2.39. The second-order valence-corrected chi connectivity index (χ2v) is 6.67. The average Bonchev–Trinajstić information content (AvgIpc) is 3.28. The van der Waals surface area contributed by atoms with E-state index in [4.69, 9.17) is 9.47 Å². The van der Waals surface area contributed by atoms with Crippen molar-refractivity contribution in [2.75, 3.05) is 26.3 Å². The Morgan fingerprint density at radius 3 is 2.22 bits per heavy atom. The normalized spacial score (nSPS) is 23.9. The van der Waals surface area contributed by atoms with Crippen molar-refractivity contribution in [1.29, 1.82) is 0 Å². The highest BCUT2D eigenvalue weighted by Crippen LogP contribution is 2.30. The van der Waals surface area contributed by atoms with E-state index in [1.54, 1.807) is 15.8 Å². The fourth-order valence-electron chi connectivity index (χ4n) is 3.38. The van der Waals surface area contributed by atoms with Gasteiger partial charge in [0, 0.05) is 31.0 Å². The second kappa shape index (κ2) is 6.97. The van der Waals surface area contributed by atoms with Crippen LogP contribution in [-0.2, 0) is 15.7 Å². The van der Waals surface area contributed by atoms with E-state index in [0.717, 1.165) is 12.1 Å². The molecule has 6 nitrogen and oxygen atoms in total. The number of halogens is 3. The molecule has 9 heteroatoms. The Kier molecular flexibility index (Phi) is 4.65. The maximum Gasteiger partial charge on any atom is 0.416 e. The van der Waals surface area contributed by atoms with Gasteiger partial charge in [-0.3, -0.25) is 9.48 Å². The fourth-order valence-corrected chi connectivity index (χ4v) is 3.38. The number of amides is 1. The maximum absolute atomic E-state index is 12.7. The molecule has 0 spiro atoms. The summed E-state index contributed by atoms with van der Waals surface area (Å²) in [5.41, 5.74) is -0.559. The SMILES string of the molecule is O=C(c1ccc(C(F)(F)F)cc1)N1C[C@@H]2OCC(n3cccn3)CO[C@H]2C1. The molecule has 2 aromatic rings. The highest BCUT2D eigenvalue weighted by Gasteiger charge is 2.40. The Morgan fingerprint density at radius 2 is 1.70 bits per heavy atom. The average molecular weight is 381 g/mol. The minimum atomic E-state index is -4.42. The van der Waals surface area contributed by atoms with Gasteiger partial charge in [0.25, 0.3) is 5.91 Å². The molecule has 3 heterocycles. The van der Waals surface area contributed by atoms with E-state index in [0.29, 0.717) is 26.3 Å². The first-order valence-corrected chi connectivity index (χ1v) is 8.60. The third-order valence-corrected chi connectivity index (χ3v) is 4.87. The van der Waals surface area contributed by atoms with Gasteiger partial charge in [0.05, 0.1) is 24.8 Å². The summed E-state index contributed by atoms with van der Waals surface area (Å²) in [6.07, 6.45) is -1.41. The van der Waals surface area contributed by atoms with E-state index < -0.39 is 11.7 Å². The molecule has 2 atom stereocenters. The van der Waals surface area contributed by atoms with Crippen molar-refractivity contribution in [3.63, 3.8) is 0 Å². The van der Waals surface area contributed by atoms with Gasteiger partial charge in [0.2, 0.25) is 0 Å². The Morgan fingerprint density at radius 1 is 1.07 bits per heavy atom. The molecule has 0 N–H and O–H groups in total. The third kappa shape index (κ3) is 3.70. The first-order chi connectivity index (χ1) is 12.9. The van der Waals surface area contributed by atoms with Crippen molar-refractivity contribution in [2.24, 2.45) is 0 Å². The number of ether oxygens (including phenoxy) is 2. The lowest BCUT2D eigenvalue weighted by Crippen LogP contribution is -2.31. The van der Waals surface area contributed by atoms with Gasteiger partial charge in [-0.15, -0.1) is 0 Å². The maximum atomic E-state index is 12.7. The predicted molar refractivity (Wildman–Crippen MR) is 88.1 cm³/mol. The van der Waals surface area contributed by atoms with Crippen LogP contribution in [0.1, 0.15) is 22.0 Å². The van der Waals surface area contributed by atoms with Gasteiger partial charge in [-0.2, -0.15) is 18.3 Å². The number of hydrogen-bond donors (Lipinski definition) is 0. The number of hydrogen-bond acceptors (Lipinski definition) is 4. The molecule has 27 heavy (non-hydrogen) atoms. The minimum Gasteiger partial charge on any atom is -0.371 e. The van der Waals surface area contributed by atoms with Crippen molar-refractivity contribution >= 4 is 5.91 Å². The smallest absolute Gasteiger partial charge is 0.371 e. The number of fused-ring (bicyclic) bond motifs is 1. The third-order valence-electron chi connectivity index (χ3n) is 4.87. The second-order valence-electron chi connectivity index (χ2n) is 6.67. The monoisotopic (exact) mass is 381 g/mol. The fraction of sp³-hybridized carbons (Fsp3) is 0.444. The molecule has 0 aliphatic carbocycles. The van der Waals surface area contributed by atoms with Crippen LogP contribution in [0.25, 0.3) is 0 Å². The van der Waals surface area contributed by atoms with Gasteiger partial charge in [-0.25, -0.2) is 0 Å². The van der Waals surface area contributed by atoms with Crippen LogP contribution in [0.15, 0.2) is 42.7 Å². The molecule has 0 radical (unpaired) electrons. The molecule has 144 valence electrons. The molecule has 2 aliphatic rings. The van der Waals surface area contributed by atoms with Crippen molar-refractivity contribution in [1.82, 2.24) is 14.7 Å². The number of likely N-dealkylation sites (tertiary alicyclic amines) is 1. The minimum absolute atomic E-state index is 0.0235. The molecular formula is C18H18F3N3O3. The van der Waals surface area contributed by atoms with Crippen LogP contribution < -0.4 is 0 Å². The molecule has 0 saturated carbocycles. The first-order valence-electron chi connectivity index (χ1n) is 8.60. The largest absolute Gasteiger partial charge is 0.416 e. The summed E-state index contributed by atoms with van der Waals surface area (Å²) >= 11 is 0. The molecule has 0 bridgehead atoms. The van der Waals surface area contributed by atoms with Crippen LogP contribution in [0.3, 0.4) is 0 Å². The van der Waals surface area contributed by atoms with Crippen LogP contribution in [0.5, 0.6) is 0 Å². The molecule has 1 aromatic carbocycles. The van der Waals surface area contributed by atoms with Crippen LogP contribution in [-0.4, -0.2) is 59.1 Å². The summed E-state index contributed by atoms with van der Waals surface area (Å²) < 4.78 is 51.6. The summed E-state index contributed by atoms with van der Waals surface area (Å²) in [5, 5.41) is 4.19. The standard InChI is InChI=1S/C18H18F3N3O3/c19-18(20,21)13-4-2-12(3-5-13)17(25)23-8-15-16(9-23)27-11-14(10-26-15)24-7-1-6-22-24/h1-7,14-16H,8-11H2/t15-,16-/m0/s1. The number of alkyl halides is 3. The van der Waals surface area contributed by atoms with Crippen LogP contribution in [0, 0.1) is 0 Å². The Labute approximate surface area is 153 Å². The molecule has 0 unspecified atom stereocenters. The number of benzene rings is 1. The summed E-state index contributed by atoms with van der Waals surface area (Å²) in [7, 11) is 0. The zero-order chi connectivity index (χ0) is 19.0. The number of carbonyl (C=O) groups is 1. The van der Waals surface area contributed by atoms with Crippen LogP contribution in [0.4, 0.5) is 13.2 Å². The predicted octanol–water partition coefficient (Wildman–Crippen LogP) is 2.38. The van der Waals surface area contributed by atoms with Gasteiger partial charge < -0.3 is 14.4 Å². The lowest BCUT2D eigenvalue weighted by molar-refractivity contribution is -0.137. The number of rotatable bonds is 2. The summed E-state index contributed by atoms with van der Waals surface area (Å²) in [6.45, 7) is 1.53. The quantitative estimate of drug-likeness (QED) is 0.802. The summed E-state index contributed by atoms with van der Waals surface area (Å²) in [4.78, 5) is 14.2. The van der Waals surface area contributed by atoms with Crippen molar-refractivity contribution in [3.05, 3.63) is 53.9 Å². The summed E-state index contributed by atoms with van der Waals surface area (Å²) in [6, 6.07) is 6.05. The van der Waals surface area contributed by atoms with Crippen LogP contribution >= 0.6 is 0 Å². The van der Waals surface area contributed by atoms with Gasteiger partial charge >= 0.3 is 6.18 Å². The van der Waals surface area contributed by atoms with E-state index in [1.165, 1.54) is 12.1 Å². The van der Waals surface area contributed by atoms with Gasteiger partial charge in [-0.05, 0) is 30.3 Å². The Bertz CT molecular complexity index is 776. The number of aromatic nitrogens is 2. The number of nitrogens with zero attached hydrogens (tertiary/aromatic N) is 3. The van der Waals surface area contributed by atoms with Gasteiger partial charge in [-0.1, -0.05) is 0 Å². The molecule has 2 saturated heterocycles. The molecule has 1 amide bonds.